The van der Waals surface area contributed by atoms with Crippen LogP contribution in [-0.4, -0.2) is 26.7 Å². The average Bonchev–Trinajstić information content (AvgIpc) is 2.41. The Morgan fingerprint density at radius 3 is 2.65 bits per heavy atom. The minimum atomic E-state index is -0.264. The summed E-state index contributed by atoms with van der Waals surface area (Å²) < 4.78 is 9.88. The van der Waals surface area contributed by atoms with Gasteiger partial charge in [-0.1, -0.05) is 19.9 Å². The molecule has 0 radical (unpaired) electrons. The number of benzene rings is 1. The SMILES string of the molecule is CC.CNc1cccc(OCCC(=O)OC)c1. The van der Waals surface area contributed by atoms with E-state index in [2.05, 4.69) is 10.1 Å². The van der Waals surface area contributed by atoms with E-state index in [4.69, 9.17) is 4.74 Å². The number of hydrogen-bond acceptors (Lipinski definition) is 4. The van der Waals surface area contributed by atoms with Crippen LogP contribution in [-0.2, 0) is 9.53 Å². The molecule has 1 aromatic carbocycles. The van der Waals surface area contributed by atoms with Crippen LogP contribution in [0, 0.1) is 0 Å². The van der Waals surface area contributed by atoms with Crippen LogP contribution in [0.4, 0.5) is 5.69 Å². The second kappa shape index (κ2) is 9.51. The van der Waals surface area contributed by atoms with Crippen LogP contribution in [0.15, 0.2) is 24.3 Å². The van der Waals surface area contributed by atoms with Crippen molar-refractivity contribution >= 4 is 11.7 Å². The average molecular weight is 239 g/mol. The predicted molar refractivity (Wildman–Crippen MR) is 69.5 cm³/mol. The number of rotatable bonds is 5. The van der Waals surface area contributed by atoms with E-state index < -0.39 is 0 Å². The zero-order valence-electron chi connectivity index (χ0n) is 10.9. The van der Waals surface area contributed by atoms with Gasteiger partial charge in [-0.2, -0.15) is 0 Å². The number of esters is 1. The lowest BCUT2D eigenvalue weighted by molar-refractivity contribution is -0.141. The highest BCUT2D eigenvalue weighted by Gasteiger charge is 2.00. The molecule has 1 aromatic rings. The van der Waals surface area contributed by atoms with Gasteiger partial charge in [0.25, 0.3) is 0 Å². The summed E-state index contributed by atoms with van der Waals surface area (Å²) >= 11 is 0. The molecule has 0 saturated carbocycles. The van der Waals surface area contributed by atoms with Crippen LogP contribution in [0.3, 0.4) is 0 Å². The second-order valence-electron chi connectivity index (χ2n) is 2.95. The number of hydrogen-bond donors (Lipinski definition) is 1. The van der Waals surface area contributed by atoms with E-state index in [1.165, 1.54) is 7.11 Å². The van der Waals surface area contributed by atoms with Crippen molar-refractivity contribution in [1.29, 1.82) is 0 Å². The third-order valence-electron chi connectivity index (χ3n) is 1.93. The molecule has 0 amide bonds. The Balaban J connectivity index is 0.00000121. The number of carbonyl (C=O) groups is 1. The maximum absolute atomic E-state index is 10.8. The third-order valence-corrected chi connectivity index (χ3v) is 1.93. The summed E-state index contributed by atoms with van der Waals surface area (Å²) in [5.74, 6) is 0.477. The number of carbonyl (C=O) groups excluding carboxylic acids is 1. The van der Waals surface area contributed by atoms with Gasteiger partial charge >= 0.3 is 5.97 Å². The van der Waals surface area contributed by atoms with Gasteiger partial charge in [0, 0.05) is 18.8 Å². The van der Waals surface area contributed by atoms with E-state index in [0.717, 1.165) is 11.4 Å². The van der Waals surface area contributed by atoms with Crippen molar-refractivity contribution in [2.75, 3.05) is 26.1 Å². The van der Waals surface area contributed by atoms with E-state index in [1.54, 1.807) is 0 Å². The summed E-state index contributed by atoms with van der Waals surface area (Å²) in [6.45, 7) is 4.33. The van der Waals surface area contributed by atoms with Crippen LogP contribution in [0.1, 0.15) is 20.3 Å². The third kappa shape index (κ3) is 6.45. The first kappa shape index (κ1) is 15.3. The summed E-state index contributed by atoms with van der Waals surface area (Å²) in [7, 11) is 3.21. The number of anilines is 1. The number of methoxy groups -OCH3 is 1. The number of ether oxygens (including phenoxy) is 2. The molecule has 0 spiro atoms. The first-order valence-electron chi connectivity index (χ1n) is 5.73. The fourth-order valence-electron chi connectivity index (χ4n) is 1.10. The van der Waals surface area contributed by atoms with Crippen molar-refractivity contribution in [3.05, 3.63) is 24.3 Å². The largest absolute Gasteiger partial charge is 0.493 e. The normalized spacial score (nSPS) is 8.71. The van der Waals surface area contributed by atoms with E-state index in [0.29, 0.717) is 6.61 Å². The molecule has 0 bridgehead atoms. The fourth-order valence-corrected chi connectivity index (χ4v) is 1.10. The van der Waals surface area contributed by atoms with E-state index in [9.17, 15) is 4.79 Å². The second-order valence-corrected chi connectivity index (χ2v) is 2.95. The highest BCUT2D eigenvalue weighted by molar-refractivity contribution is 5.69. The van der Waals surface area contributed by atoms with Crippen molar-refractivity contribution in [2.24, 2.45) is 0 Å². The highest BCUT2D eigenvalue weighted by Crippen LogP contribution is 2.16. The molecule has 96 valence electrons. The molecule has 0 unspecified atom stereocenters. The Labute approximate surface area is 103 Å². The molecule has 17 heavy (non-hydrogen) atoms. The van der Waals surface area contributed by atoms with Gasteiger partial charge in [0.15, 0.2) is 0 Å². The van der Waals surface area contributed by atoms with Gasteiger partial charge in [0.2, 0.25) is 0 Å². The molecule has 0 saturated heterocycles. The Hall–Kier alpha value is -1.71. The lowest BCUT2D eigenvalue weighted by Crippen LogP contribution is -2.07. The molecule has 0 heterocycles. The lowest BCUT2D eigenvalue weighted by Gasteiger charge is -2.06. The van der Waals surface area contributed by atoms with Crippen molar-refractivity contribution in [1.82, 2.24) is 0 Å². The standard InChI is InChI=1S/C11H15NO3.C2H6/c1-12-9-4-3-5-10(8-9)15-7-6-11(13)14-2;1-2/h3-5,8,12H,6-7H2,1-2H3;1-2H3. The first-order valence-corrected chi connectivity index (χ1v) is 5.73. The van der Waals surface area contributed by atoms with E-state index in [1.807, 2.05) is 45.2 Å². The highest BCUT2D eigenvalue weighted by atomic mass is 16.5. The Kier molecular flexibility index (Phi) is 8.55. The monoisotopic (exact) mass is 239 g/mol. The molecule has 1 rings (SSSR count). The van der Waals surface area contributed by atoms with Crippen LogP contribution in [0.25, 0.3) is 0 Å². The Bertz CT molecular complexity index is 326. The van der Waals surface area contributed by atoms with Gasteiger partial charge in [-0.3, -0.25) is 4.79 Å². The molecule has 0 fully saturated rings. The molecule has 1 N–H and O–H groups in total. The summed E-state index contributed by atoms with van der Waals surface area (Å²) in [5.41, 5.74) is 0.977. The Morgan fingerprint density at radius 1 is 1.35 bits per heavy atom. The molecule has 0 aromatic heterocycles. The molecular formula is C13H21NO3. The van der Waals surface area contributed by atoms with Gasteiger partial charge < -0.3 is 14.8 Å². The maximum atomic E-state index is 10.8. The summed E-state index contributed by atoms with van der Waals surface area (Å²) in [5, 5.41) is 3.01. The zero-order valence-corrected chi connectivity index (χ0v) is 10.9. The van der Waals surface area contributed by atoms with Crippen LogP contribution in [0.2, 0.25) is 0 Å². The predicted octanol–water partition coefficient (Wildman–Crippen LogP) is 2.70. The minimum absolute atomic E-state index is 0.264. The molecule has 0 aliphatic carbocycles. The first-order chi connectivity index (χ1) is 8.26. The number of nitrogens with one attached hydrogen (secondary N) is 1. The summed E-state index contributed by atoms with van der Waals surface area (Å²) in [6, 6.07) is 7.54. The molecule has 4 nitrogen and oxygen atoms in total. The smallest absolute Gasteiger partial charge is 0.308 e. The van der Waals surface area contributed by atoms with Crippen LogP contribution < -0.4 is 10.1 Å². The summed E-state index contributed by atoms with van der Waals surface area (Å²) in [6.07, 6.45) is 0.264. The molecule has 4 heteroatoms. The van der Waals surface area contributed by atoms with Crippen molar-refractivity contribution in [3.8, 4) is 5.75 Å². The van der Waals surface area contributed by atoms with Crippen molar-refractivity contribution in [3.63, 3.8) is 0 Å². The lowest BCUT2D eigenvalue weighted by atomic mass is 10.3. The Morgan fingerprint density at radius 2 is 2.06 bits per heavy atom. The van der Waals surface area contributed by atoms with E-state index in [-0.39, 0.29) is 12.4 Å². The van der Waals surface area contributed by atoms with Gasteiger partial charge in [-0.05, 0) is 12.1 Å². The molecule has 0 aliphatic rings. The van der Waals surface area contributed by atoms with Gasteiger partial charge in [-0.15, -0.1) is 0 Å². The topological polar surface area (TPSA) is 47.6 Å². The minimum Gasteiger partial charge on any atom is -0.493 e. The molecular weight excluding hydrogens is 218 g/mol. The van der Waals surface area contributed by atoms with Gasteiger partial charge in [0.1, 0.15) is 5.75 Å². The van der Waals surface area contributed by atoms with Crippen molar-refractivity contribution in [2.45, 2.75) is 20.3 Å². The molecule has 0 aliphatic heterocycles. The van der Waals surface area contributed by atoms with Crippen LogP contribution in [0.5, 0.6) is 5.75 Å². The fraction of sp³-hybridized carbons (Fsp3) is 0.462. The van der Waals surface area contributed by atoms with Gasteiger partial charge in [-0.25, -0.2) is 0 Å². The molecule has 0 atom stereocenters. The van der Waals surface area contributed by atoms with E-state index >= 15 is 0 Å². The van der Waals surface area contributed by atoms with Crippen molar-refractivity contribution < 1.29 is 14.3 Å². The van der Waals surface area contributed by atoms with Gasteiger partial charge in [0.05, 0.1) is 20.1 Å². The maximum Gasteiger partial charge on any atom is 0.308 e. The quantitative estimate of drug-likeness (QED) is 0.802. The van der Waals surface area contributed by atoms with Crippen LogP contribution >= 0.6 is 0 Å². The summed E-state index contributed by atoms with van der Waals surface area (Å²) in [4.78, 5) is 10.8. The zero-order chi connectivity index (χ0) is 13.1.